The molecule has 2 fully saturated rings. The number of carbonyl (C=O) groups excluding carboxylic acids is 2. The first-order valence-corrected chi connectivity index (χ1v) is 13.9. The molecule has 3 aromatic rings. The van der Waals surface area contributed by atoms with Crippen molar-refractivity contribution in [3.05, 3.63) is 82.4 Å². The van der Waals surface area contributed by atoms with E-state index in [1.165, 1.54) is 24.3 Å². The van der Waals surface area contributed by atoms with Gasteiger partial charge in [0.05, 0.1) is 29.4 Å². The Labute approximate surface area is 243 Å². The number of nitro benzene ring substituents is 1. The molecule has 1 atom stereocenters. The van der Waals surface area contributed by atoms with Crippen molar-refractivity contribution in [2.75, 3.05) is 66.9 Å². The summed E-state index contributed by atoms with van der Waals surface area (Å²) in [6.45, 7) is 3.99. The van der Waals surface area contributed by atoms with Crippen molar-refractivity contribution in [1.29, 1.82) is 0 Å². The maximum atomic E-state index is 13.4. The minimum absolute atomic E-state index is 0.00409. The lowest BCUT2D eigenvalue weighted by molar-refractivity contribution is -0.384. The van der Waals surface area contributed by atoms with E-state index in [4.69, 9.17) is 9.47 Å². The lowest BCUT2D eigenvalue weighted by atomic mass is 10.1. The number of ether oxygens (including phenoxy) is 2. The summed E-state index contributed by atoms with van der Waals surface area (Å²) >= 11 is 0. The van der Waals surface area contributed by atoms with Crippen LogP contribution in [0.25, 0.3) is 0 Å². The molecule has 0 aliphatic carbocycles. The van der Waals surface area contributed by atoms with E-state index in [0.717, 1.165) is 43.1 Å². The number of urea groups is 1. The van der Waals surface area contributed by atoms with Gasteiger partial charge in [-0.25, -0.2) is 4.79 Å². The number of anilines is 4. The van der Waals surface area contributed by atoms with E-state index in [-0.39, 0.29) is 17.7 Å². The molecule has 2 aliphatic rings. The van der Waals surface area contributed by atoms with Crippen LogP contribution in [0.15, 0.2) is 66.7 Å². The van der Waals surface area contributed by atoms with Gasteiger partial charge in [0, 0.05) is 68.5 Å². The minimum Gasteiger partial charge on any atom is -0.495 e. The summed E-state index contributed by atoms with van der Waals surface area (Å²) in [6.07, 6.45) is 1.88. The van der Waals surface area contributed by atoms with Crippen LogP contribution < -0.4 is 30.5 Å². The number of carbonyl (C=O) groups is 2. The van der Waals surface area contributed by atoms with E-state index in [1.54, 1.807) is 19.2 Å². The van der Waals surface area contributed by atoms with Gasteiger partial charge in [0.25, 0.3) is 11.6 Å². The van der Waals surface area contributed by atoms with Crippen LogP contribution in [0.3, 0.4) is 0 Å². The predicted molar refractivity (Wildman–Crippen MR) is 161 cm³/mol. The van der Waals surface area contributed by atoms with Crippen LogP contribution in [0.5, 0.6) is 5.75 Å². The first-order valence-electron chi connectivity index (χ1n) is 13.9. The number of nitrogens with one attached hydrogen (secondary N) is 3. The standard InChI is InChI=1S/C30H34N6O6/c1-41-28-7-3-2-6-27(28)35-16-14-34(15-17-35)26-13-10-22(19-25(26)29(37)31-20-24-5-4-18-42-24)33-30(38)32-21-8-11-23(12-9-21)36(39)40/h2-3,6-13,19,24H,4-5,14-18,20H2,1H3,(H,31,37)(H2,32,33,38). The average Bonchev–Trinajstić information content (AvgIpc) is 3.54. The van der Waals surface area contributed by atoms with E-state index < -0.39 is 11.0 Å². The first kappa shape index (κ1) is 28.7. The van der Waals surface area contributed by atoms with Crippen molar-refractivity contribution in [2.45, 2.75) is 18.9 Å². The van der Waals surface area contributed by atoms with Gasteiger partial charge in [-0.05, 0) is 55.3 Å². The zero-order valence-corrected chi connectivity index (χ0v) is 23.4. The zero-order chi connectivity index (χ0) is 29.5. The number of nitro groups is 1. The molecule has 1 unspecified atom stereocenters. The van der Waals surface area contributed by atoms with E-state index in [1.807, 2.05) is 30.3 Å². The van der Waals surface area contributed by atoms with Gasteiger partial charge >= 0.3 is 6.03 Å². The van der Waals surface area contributed by atoms with Crippen LogP contribution in [0, 0.1) is 10.1 Å². The summed E-state index contributed by atoms with van der Waals surface area (Å²) in [5, 5.41) is 19.3. The molecule has 2 saturated heterocycles. The zero-order valence-electron chi connectivity index (χ0n) is 23.4. The second kappa shape index (κ2) is 13.2. The molecule has 5 rings (SSSR count). The second-order valence-electron chi connectivity index (χ2n) is 10.1. The highest BCUT2D eigenvalue weighted by Crippen LogP contribution is 2.31. The molecule has 12 nitrogen and oxygen atoms in total. The summed E-state index contributed by atoms with van der Waals surface area (Å²) in [5.41, 5.74) is 3.03. The fraction of sp³-hybridized carbons (Fsp3) is 0.333. The molecule has 0 aromatic heterocycles. The van der Waals surface area contributed by atoms with Crippen LogP contribution in [0.1, 0.15) is 23.2 Å². The van der Waals surface area contributed by atoms with Crippen LogP contribution in [0.4, 0.5) is 33.2 Å². The molecular weight excluding hydrogens is 540 g/mol. The fourth-order valence-electron chi connectivity index (χ4n) is 5.22. The quantitative estimate of drug-likeness (QED) is 0.251. The van der Waals surface area contributed by atoms with Crippen LogP contribution in [0.2, 0.25) is 0 Å². The van der Waals surface area contributed by atoms with E-state index >= 15 is 0 Å². The Balaban J connectivity index is 1.30. The largest absolute Gasteiger partial charge is 0.495 e. The highest BCUT2D eigenvalue weighted by molar-refractivity contribution is 6.04. The number of amides is 3. The summed E-state index contributed by atoms with van der Waals surface area (Å²) in [7, 11) is 1.67. The van der Waals surface area contributed by atoms with Gasteiger partial charge < -0.3 is 35.2 Å². The molecule has 2 aliphatic heterocycles. The third kappa shape index (κ3) is 6.89. The molecule has 0 bridgehead atoms. The number of benzene rings is 3. The number of hydrogen-bond donors (Lipinski definition) is 3. The molecule has 3 amide bonds. The van der Waals surface area contributed by atoms with Gasteiger partial charge in [-0.15, -0.1) is 0 Å². The molecule has 42 heavy (non-hydrogen) atoms. The number of rotatable bonds is 9. The van der Waals surface area contributed by atoms with E-state index in [9.17, 15) is 19.7 Å². The van der Waals surface area contributed by atoms with Gasteiger partial charge in [0.2, 0.25) is 0 Å². The Hall–Kier alpha value is -4.84. The van der Waals surface area contributed by atoms with E-state index in [0.29, 0.717) is 43.2 Å². The Morgan fingerprint density at radius 3 is 2.29 bits per heavy atom. The Bertz CT molecular complexity index is 1420. The highest BCUT2D eigenvalue weighted by Gasteiger charge is 2.25. The summed E-state index contributed by atoms with van der Waals surface area (Å²) in [6, 6.07) is 18.2. The third-order valence-corrected chi connectivity index (χ3v) is 7.40. The third-order valence-electron chi connectivity index (χ3n) is 7.40. The summed E-state index contributed by atoms with van der Waals surface area (Å²) < 4.78 is 11.2. The van der Waals surface area contributed by atoms with Crippen LogP contribution in [-0.2, 0) is 4.74 Å². The highest BCUT2D eigenvalue weighted by atomic mass is 16.6. The van der Waals surface area contributed by atoms with Crippen LogP contribution >= 0.6 is 0 Å². The minimum atomic E-state index is -0.535. The molecular formula is C30H34N6O6. The Morgan fingerprint density at radius 2 is 1.62 bits per heavy atom. The maximum Gasteiger partial charge on any atom is 0.323 e. The normalized spacial score (nSPS) is 16.5. The lowest BCUT2D eigenvalue weighted by Crippen LogP contribution is -2.47. The molecule has 0 spiro atoms. The van der Waals surface area contributed by atoms with Gasteiger partial charge in [-0.1, -0.05) is 12.1 Å². The van der Waals surface area contributed by atoms with Crippen molar-refractivity contribution in [3.63, 3.8) is 0 Å². The van der Waals surface area contributed by atoms with E-state index in [2.05, 4.69) is 25.8 Å². The molecule has 12 heteroatoms. The SMILES string of the molecule is COc1ccccc1N1CCN(c2ccc(NC(=O)Nc3ccc([N+](=O)[O-])cc3)cc2C(=O)NCC2CCCO2)CC1. The van der Waals surface area contributed by atoms with Crippen molar-refractivity contribution in [2.24, 2.45) is 0 Å². The lowest BCUT2D eigenvalue weighted by Gasteiger charge is -2.38. The molecule has 0 saturated carbocycles. The topological polar surface area (TPSA) is 138 Å². The monoisotopic (exact) mass is 574 g/mol. The van der Waals surface area contributed by atoms with Crippen molar-refractivity contribution < 1.29 is 24.0 Å². The smallest absolute Gasteiger partial charge is 0.323 e. The number of piperazine rings is 1. The first-order chi connectivity index (χ1) is 20.4. The van der Waals surface area contributed by atoms with Crippen molar-refractivity contribution in [1.82, 2.24) is 5.32 Å². The Kier molecular flexibility index (Phi) is 9.02. The number of methoxy groups -OCH3 is 1. The average molecular weight is 575 g/mol. The summed E-state index contributed by atoms with van der Waals surface area (Å²) in [5.74, 6) is 0.578. The van der Waals surface area contributed by atoms with Gasteiger partial charge in [-0.2, -0.15) is 0 Å². The second-order valence-corrected chi connectivity index (χ2v) is 10.1. The Morgan fingerprint density at radius 1 is 0.952 bits per heavy atom. The molecule has 3 N–H and O–H groups in total. The number of hydrogen-bond acceptors (Lipinski definition) is 8. The molecule has 3 aromatic carbocycles. The van der Waals surface area contributed by atoms with Gasteiger partial charge in [0.1, 0.15) is 5.75 Å². The number of nitrogens with zero attached hydrogens (tertiary/aromatic N) is 3. The number of non-ortho nitro benzene ring substituents is 1. The van der Waals surface area contributed by atoms with Crippen LogP contribution in [-0.4, -0.2) is 69.4 Å². The molecule has 2 heterocycles. The number of para-hydroxylation sites is 2. The maximum absolute atomic E-state index is 13.4. The molecule has 220 valence electrons. The molecule has 0 radical (unpaired) electrons. The van der Waals surface area contributed by atoms with Gasteiger partial charge in [0.15, 0.2) is 0 Å². The fourth-order valence-corrected chi connectivity index (χ4v) is 5.22. The predicted octanol–water partition coefficient (Wildman–Crippen LogP) is 4.48. The van der Waals surface area contributed by atoms with Crippen molar-refractivity contribution in [3.8, 4) is 5.75 Å². The summed E-state index contributed by atoms with van der Waals surface area (Å²) in [4.78, 5) is 41.0. The van der Waals surface area contributed by atoms with Crippen molar-refractivity contribution >= 4 is 40.4 Å². The van der Waals surface area contributed by atoms with Gasteiger partial charge in [-0.3, -0.25) is 14.9 Å².